The van der Waals surface area contributed by atoms with E-state index in [4.69, 9.17) is 9.57 Å². The maximum Gasteiger partial charge on any atom is 0.251 e. The summed E-state index contributed by atoms with van der Waals surface area (Å²) in [6.07, 6.45) is 3.79. The molecule has 11 heteroatoms. The molecular weight excluding hydrogens is 683 g/mol. The number of aliphatic hydroxyl groups excluding tert-OH is 2. The van der Waals surface area contributed by atoms with Gasteiger partial charge in [-0.3, -0.25) is 14.4 Å². The maximum atomic E-state index is 14.2. The first-order valence-corrected chi connectivity index (χ1v) is 19.1. The molecule has 1 heterocycles. The van der Waals surface area contributed by atoms with Crippen molar-refractivity contribution in [3.63, 3.8) is 0 Å². The highest BCUT2D eigenvalue weighted by molar-refractivity contribution is 5.97. The van der Waals surface area contributed by atoms with Gasteiger partial charge in [0, 0.05) is 61.0 Å². The van der Waals surface area contributed by atoms with Crippen LogP contribution in [0.5, 0.6) is 5.75 Å². The molecule has 5 N–H and O–H groups in total. The Labute approximate surface area is 320 Å². The zero-order valence-electron chi connectivity index (χ0n) is 32.6. The van der Waals surface area contributed by atoms with Gasteiger partial charge in [0.15, 0.2) is 0 Å². The Balaban J connectivity index is 1.45. The van der Waals surface area contributed by atoms with Crippen LogP contribution in [-0.4, -0.2) is 98.8 Å². The molecule has 1 saturated heterocycles. The van der Waals surface area contributed by atoms with Crippen LogP contribution in [0.4, 0.5) is 5.69 Å². The molecule has 3 aromatic rings. The van der Waals surface area contributed by atoms with Gasteiger partial charge in [-0.2, -0.15) is 5.06 Å². The minimum absolute atomic E-state index is 0.0426. The lowest BCUT2D eigenvalue weighted by Gasteiger charge is -2.35. The maximum absolute atomic E-state index is 14.2. The van der Waals surface area contributed by atoms with Crippen LogP contribution in [0.2, 0.25) is 0 Å². The van der Waals surface area contributed by atoms with Crippen LogP contribution in [0, 0.1) is 17.8 Å². The molecular formula is C43H59N5O6. The van der Waals surface area contributed by atoms with E-state index in [0.29, 0.717) is 36.1 Å². The summed E-state index contributed by atoms with van der Waals surface area (Å²) in [7, 11) is 7.35. The third-order valence-electron chi connectivity index (χ3n) is 11.0. The molecule has 54 heavy (non-hydrogen) atoms. The number of amides is 2. The first-order valence-electron chi connectivity index (χ1n) is 19.1. The van der Waals surface area contributed by atoms with Crippen LogP contribution >= 0.6 is 0 Å². The molecule has 1 aliphatic heterocycles. The van der Waals surface area contributed by atoms with Crippen LogP contribution in [0.1, 0.15) is 54.6 Å². The molecule has 2 fully saturated rings. The zero-order valence-corrected chi connectivity index (χ0v) is 32.6. The molecule has 5 rings (SSSR count). The Hall–Kier alpha value is -4.26. The number of allylic oxidation sites excluding steroid dienone is 1. The van der Waals surface area contributed by atoms with E-state index in [1.54, 1.807) is 19.1 Å². The number of methoxy groups -OCH3 is 1. The van der Waals surface area contributed by atoms with E-state index in [1.165, 1.54) is 0 Å². The molecule has 292 valence electrons. The summed E-state index contributed by atoms with van der Waals surface area (Å²) in [5.74, 6) is 0.0940. The molecule has 0 spiro atoms. The van der Waals surface area contributed by atoms with Crippen molar-refractivity contribution in [1.29, 1.82) is 0 Å². The quantitative estimate of drug-likeness (QED) is 0.134. The summed E-state index contributed by atoms with van der Waals surface area (Å²) in [4.78, 5) is 36.3. The van der Waals surface area contributed by atoms with Crippen LogP contribution in [0.25, 0.3) is 11.1 Å². The van der Waals surface area contributed by atoms with Crippen molar-refractivity contribution in [3.05, 3.63) is 96.1 Å². The largest absolute Gasteiger partial charge is 0.496 e. The smallest absolute Gasteiger partial charge is 0.251 e. The van der Waals surface area contributed by atoms with Gasteiger partial charge in [0.2, 0.25) is 5.91 Å². The van der Waals surface area contributed by atoms with E-state index in [2.05, 4.69) is 41.6 Å². The molecule has 11 nitrogen and oxygen atoms in total. The van der Waals surface area contributed by atoms with Crippen molar-refractivity contribution in [1.82, 2.24) is 21.0 Å². The average Bonchev–Trinajstić information content (AvgIpc) is 3.54. The fourth-order valence-corrected chi connectivity index (χ4v) is 8.00. The third kappa shape index (κ3) is 9.69. The van der Waals surface area contributed by atoms with Gasteiger partial charge in [-0.15, -0.1) is 6.58 Å². The van der Waals surface area contributed by atoms with Crippen LogP contribution < -0.4 is 25.6 Å². The molecule has 0 radical (unpaired) electrons. The number of likely N-dealkylation sites (N-methyl/N-ethyl adjacent to an activating group) is 1. The molecule has 2 amide bonds. The van der Waals surface area contributed by atoms with Crippen molar-refractivity contribution >= 4 is 17.5 Å². The summed E-state index contributed by atoms with van der Waals surface area (Å²) in [6, 6.07) is 20.6. The highest BCUT2D eigenvalue weighted by Gasteiger charge is 2.50. The van der Waals surface area contributed by atoms with E-state index in [-0.39, 0.29) is 37.0 Å². The molecule has 8 atom stereocenters. The number of anilines is 1. The van der Waals surface area contributed by atoms with Gasteiger partial charge in [0.05, 0.1) is 26.4 Å². The standard InChI is InChI=1S/C43H59N5O6/c1-8-29-18-17-27(2)37(20-29)46-43(52)40-39(28(3)50)38(26-49)54-48(40)25-31-15-12-16-36(41(31)53-7)32-21-33(23-35(22-32)47(5)6)42(51)45-34(24-44-4)19-30-13-10-9-11-14-30/h8-16,21-23,27-29,34,37-40,44,49-50H,1,17-20,24-26H2,2-7H3,(H,45,51)(H,46,52)/t27-,28-,29+,34-,37-,38-,39+,40-/m0/s1. The van der Waals surface area contributed by atoms with E-state index in [1.807, 2.05) is 86.7 Å². The van der Waals surface area contributed by atoms with Gasteiger partial charge in [0.1, 0.15) is 17.9 Å². The van der Waals surface area contributed by atoms with E-state index >= 15 is 0 Å². The number of nitrogens with zero attached hydrogens (tertiary/aromatic N) is 2. The summed E-state index contributed by atoms with van der Waals surface area (Å²) in [5, 5.41) is 32.5. The number of nitrogens with one attached hydrogen (secondary N) is 3. The van der Waals surface area contributed by atoms with Crippen molar-refractivity contribution in [2.24, 2.45) is 17.8 Å². The number of benzene rings is 3. The number of para-hydroxylation sites is 1. The average molecular weight is 742 g/mol. The molecule has 0 aromatic heterocycles. The number of hydroxylamine groups is 2. The highest BCUT2D eigenvalue weighted by Crippen LogP contribution is 2.39. The van der Waals surface area contributed by atoms with Crippen molar-refractivity contribution in [3.8, 4) is 16.9 Å². The number of carbonyl (C=O) groups excluding carboxylic acids is 2. The number of aliphatic hydroxyl groups is 2. The van der Waals surface area contributed by atoms with Crippen LogP contribution in [-0.2, 0) is 22.6 Å². The molecule has 2 aliphatic rings. The SMILES string of the molecule is C=C[C@@H]1CC[C@H](C)[C@@H](NC(=O)[C@@H]2[C@H]([C@H](C)O)[C@H](CO)ON2Cc2cccc(-c3cc(C(=O)N[C@H](CNC)Cc4ccccc4)cc(N(C)C)c3)c2OC)C1. The Morgan fingerprint density at radius 2 is 1.87 bits per heavy atom. The minimum Gasteiger partial charge on any atom is -0.496 e. The number of hydrogen-bond donors (Lipinski definition) is 5. The molecule has 0 unspecified atom stereocenters. The normalized spacial score (nSPS) is 24.0. The lowest BCUT2D eigenvalue weighted by molar-refractivity contribution is -0.182. The van der Waals surface area contributed by atoms with E-state index in [9.17, 15) is 19.8 Å². The summed E-state index contributed by atoms with van der Waals surface area (Å²) < 4.78 is 6.07. The third-order valence-corrected chi connectivity index (χ3v) is 11.0. The van der Waals surface area contributed by atoms with Crippen LogP contribution in [0.3, 0.4) is 0 Å². The summed E-state index contributed by atoms with van der Waals surface area (Å²) >= 11 is 0. The second kappa shape index (κ2) is 18.9. The van der Waals surface area contributed by atoms with Gasteiger partial charge < -0.3 is 35.8 Å². The van der Waals surface area contributed by atoms with E-state index < -0.39 is 24.2 Å². The van der Waals surface area contributed by atoms with Crippen molar-refractivity contribution < 1.29 is 29.4 Å². The van der Waals surface area contributed by atoms with Crippen LogP contribution in [0.15, 0.2) is 79.4 Å². The lowest BCUT2D eigenvalue weighted by Crippen LogP contribution is -2.53. The van der Waals surface area contributed by atoms with Gasteiger partial charge >= 0.3 is 0 Å². The number of rotatable bonds is 16. The topological polar surface area (TPSA) is 136 Å². The Bertz CT molecular complexity index is 1720. The number of ether oxygens (including phenoxy) is 1. The first kappa shape index (κ1) is 40.9. The van der Waals surface area contributed by atoms with Gasteiger partial charge in [-0.25, -0.2) is 0 Å². The summed E-state index contributed by atoms with van der Waals surface area (Å²) in [5.41, 5.74) is 4.79. The predicted octanol–water partition coefficient (Wildman–Crippen LogP) is 4.57. The minimum atomic E-state index is -0.917. The molecule has 0 bridgehead atoms. The lowest BCUT2D eigenvalue weighted by atomic mass is 9.79. The predicted molar refractivity (Wildman–Crippen MR) is 213 cm³/mol. The zero-order chi connectivity index (χ0) is 38.9. The second-order valence-electron chi connectivity index (χ2n) is 15.1. The molecule has 1 aliphatic carbocycles. The van der Waals surface area contributed by atoms with Crippen molar-refractivity contribution in [2.75, 3.05) is 46.3 Å². The Kier molecular flexibility index (Phi) is 14.3. The first-order chi connectivity index (χ1) is 26.0. The Morgan fingerprint density at radius 3 is 2.52 bits per heavy atom. The van der Waals surface area contributed by atoms with Gasteiger partial charge in [-0.1, -0.05) is 61.5 Å². The fraction of sp³-hybridized carbons (Fsp3) is 0.488. The molecule has 1 saturated carbocycles. The summed E-state index contributed by atoms with van der Waals surface area (Å²) in [6.45, 7) is 8.17. The fourth-order valence-electron chi connectivity index (χ4n) is 8.00. The number of hydrogen-bond acceptors (Lipinski definition) is 9. The second-order valence-corrected chi connectivity index (χ2v) is 15.1. The van der Waals surface area contributed by atoms with Crippen molar-refractivity contribution in [2.45, 2.75) is 76.4 Å². The van der Waals surface area contributed by atoms with Gasteiger partial charge in [0.25, 0.3) is 5.91 Å². The molecule has 3 aromatic carbocycles. The van der Waals surface area contributed by atoms with E-state index in [0.717, 1.165) is 47.2 Å². The Morgan fingerprint density at radius 1 is 1.11 bits per heavy atom. The monoisotopic (exact) mass is 741 g/mol. The van der Waals surface area contributed by atoms with Gasteiger partial charge in [-0.05, 0) is 80.8 Å². The highest BCUT2D eigenvalue weighted by atomic mass is 16.7. The number of carbonyl (C=O) groups is 2.